The molecule has 1 atom stereocenters. The molecule has 0 radical (unpaired) electrons. The topological polar surface area (TPSA) is 84.3 Å². The van der Waals surface area contributed by atoms with Crippen LogP contribution in [0.3, 0.4) is 0 Å². The third-order valence-corrected chi connectivity index (χ3v) is 7.75. The molecule has 1 N–H and O–H groups in total. The number of thiophene rings is 1. The minimum atomic E-state index is -4.61. The maximum atomic E-state index is 13.8. The molecule has 206 valence electrons. The number of nitrogens with zero attached hydrogens (tertiary/aromatic N) is 3. The second kappa shape index (κ2) is 10.7. The highest BCUT2D eigenvalue weighted by atomic mass is 32.1. The van der Waals surface area contributed by atoms with Crippen LogP contribution in [0.5, 0.6) is 0 Å². The van der Waals surface area contributed by atoms with E-state index < -0.39 is 35.5 Å². The molecule has 0 fully saturated rings. The van der Waals surface area contributed by atoms with Crippen LogP contribution in [0.2, 0.25) is 0 Å². The third-order valence-electron chi connectivity index (χ3n) is 6.82. The summed E-state index contributed by atoms with van der Waals surface area (Å²) in [6, 6.07) is 12.1. The second-order valence-corrected chi connectivity index (χ2v) is 10.4. The van der Waals surface area contributed by atoms with Crippen molar-refractivity contribution in [3.63, 3.8) is 0 Å². The molecular weight excluding hydrogens is 541 g/mol. The van der Waals surface area contributed by atoms with E-state index in [0.717, 1.165) is 27.8 Å². The Balaban J connectivity index is 1.44. The first kappa shape index (κ1) is 27.3. The van der Waals surface area contributed by atoms with Gasteiger partial charge in [0.2, 0.25) is 0 Å². The number of amides is 3. The number of aryl methyl sites for hydroxylation is 2. The standard InChI is InChI=1S/C29H25F3N4O3S/c1-3-36-25(17(2)14-33-36)19-13-24(40-16-19)26(37)34-20(12-18-8-4-7-11-23(18)29(30,31)32)15-35-27(38)21-9-5-6-10-22(21)28(35)39/h4-11,13-14,16,20H,3,12,15H2,1-2H3,(H,34,37)/t20-/m0/s1. The van der Waals surface area contributed by atoms with Gasteiger partial charge in [0, 0.05) is 24.0 Å². The van der Waals surface area contributed by atoms with Crippen molar-refractivity contribution in [1.82, 2.24) is 20.0 Å². The molecule has 3 amide bonds. The number of nitrogens with one attached hydrogen (secondary N) is 1. The average Bonchev–Trinajstić information content (AvgIpc) is 3.62. The van der Waals surface area contributed by atoms with E-state index in [0.29, 0.717) is 11.4 Å². The average molecular weight is 567 g/mol. The fourth-order valence-electron chi connectivity index (χ4n) is 4.96. The van der Waals surface area contributed by atoms with Crippen molar-refractivity contribution in [3.8, 4) is 11.3 Å². The van der Waals surface area contributed by atoms with Crippen molar-refractivity contribution in [2.24, 2.45) is 0 Å². The molecule has 7 nitrogen and oxygen atoms in total. The van der Waals surface area contributed by atoms with E-state index in [1.807, 2.05) is 23.9 Å². The maximum Gasteiger partial charge on any atom is 0.416 e. The van der Waals surface area contributed by atoms with Gasteiger partial charge in [0.1, 0.15) is 0 Å². The highest BCUT2D eigenvalue weighted by molar-refractivity contribution is 7.12. The molecule has 5 rings (SSSR count). The molecule has 11 heteroatoms. The molecule has 2 aromatic heterocycles. The molecule has 0 unspecified atom stereocenters. The molecule has 0 spiro atoms. The van der Waals surface area contributed by atoms with Crippen LogP contribution in [-0.2, 0) is 19.1 Å². The fraction of sp³-hybridized carbons (Fsp3) is 0.241. The van der Waals surface area contributed by atoms with Crippen molar-refractivity contribution in [3.05, 3.63) is 98.9 Å². The zero-order valence-electron chi connectivity index (χ0n) is 21.7. The van der Waals surface area contributed by atoms with E-state index >= 15 is 0 Å². The van der Waals surface area contributed by atoms with Crippen LogP contribution in [0.4, 0.5) is 13.2 Å². The predicted molar refractivity (Wildman–Crippen MR) is 144 cm³/mol. The van der Waals surface area contributed by atoms with Crippen molar-refractivity contribution in [2.75, 3.05) is 6.54 Å². The zero-order chi connectivity index (χ0) is 28.6. The van der Waals surface area contributed by atoms with Crippen LogP contribution in [0.1, 0.15) is 54.0 Å². The van der Waals surface area contributed by atoms with Crippen LogP contribution in [-0.4, -0.2) is 45.0 Å². The molecule has 4 aromatic rings. The molecule has 2 aromatic carbocycles. The number of alkyl halides is 3. The number of imide groups is 1. The van der Waals surface area contributed by atoms with Gasteiger partial charge in [0.15, 0.2) is 0 Å². The Morgan fingerprint density at radius 3 is 2.35 bits per heavy atom. The fourth-order valence-corrected chi connectivity index (χ4v) is 5.75. The van der Waals surface area contributed by atoms with Gasteiger partial charge in [-0.15, -0.1) is 11.3 Å². The summed E-state index contributed by atoms with van der Waals surface area (Å²) in [5.74, 6) is -1.61. The number of rotatable bonds is 8. The Morgan fingerprint density at radius 1 is 1.05 bits per heavy atom. The van der Waals surface area contributed by atoms with Gasteiger partial charge in [-0.25, -0.2) is 0 Å². The molecule has 0 aliphatic carbocycles. The Hall–Kier alpha value is -4.25. The summed E-state index contributed by atoms with van der Waals surface area (Å²) in [7, 11) is 0. The van der Waals surface area contributed by atoms with E-state index in [2.05, 4.69) is 10.4 Å². The van der Waals surface area contributed by atoms with E-state index in [9.17, 15) is 27.6 Å². The Labute approximate surface area is 232 Å². The van der Waals surface area contributed by atoms with Gasteiger partial charge < -0.3 is 5.32 Å². The van der Waals surface area contributed by atoms with Crippen molar-refractivity contribution in [1.29, 1.82) is 0 Å². The molecular formula is C29H25F3N4O3S. The summed E-state index contributed by atoms with van der Waals surface area (Å²) in [6.45, 7) is 4.23. The van der Waals surface area contributed by atoms with Gasteiger partial charge in [0.05, 0.1) is 39.5 Å². The summed E-state index contributed by atoms with van der Waals surface area (Å²) in [5.41, 5.74) is 2.17. The molecule has 1 aliphatic heterocycles. The molecule has 0 bridgehead atoms. The molecule has 3 heterocycles. The number of hydrogen-bond acceptors (Lipinski definition) is 5. The van der Waals surface area contributed by atoms with Gasteiger partial charge in [-0.05, 0) is 55.7 Å². The monoisotopic (exact) mass is 566 g/mol. The number of hydrogen-bond donors (Lipinski definition) is 1. The van der Waals surface area contributed by atoms with Gasteiger partial charge in [0.25, 0.3) is 17.7 Å². The summed E-state index contributed by atoms with van der Waals surface area (Å²) >= 11 is 1.19. The lowest BCUT2D eigenvalue weighted by atomic mass is 9.99. The lowest BCUT2D eigenvalue weighted by molar-refractivity contribution is -0.138. The van der Waals surface area contributed by atoms with E-state index in [-0.39, 0.29) is 29.7 Å². The molecule has 40 heavy (non-hydrogen) atoms. The molecule has 0 saturated carbocycles. The SMILES string of the molecule is CCn1ncc(C)c1-c1csc(C(=O)N[C@@H](Cc2ccccc2C(F)(F)F)CN2C(=O)c3ccccc3C2=O)c1. The van der Waals surface area contributed by atoms with E-state index in [4.69, 9.17) is 0 Å². The first-order valence-corrected chi connectivity index (χ1v) is 13.5. The Bertz CT molecular complexity index is 1570. The maximum absolute atomic E-state index is 13.8. The summed E-state index contributed by atoms with van der Waals surface area (Å²) in [5, 5.41) is 8.95. The summed E-state index contributed by atoms with van der Waals surface area (Å²) in [6.07, 6.45) is -3.11. The van der Waals surface area contributed by atoms with Crippen LogP contribution < -0.4 is 5.32 Å². The molecule has 0 saturated heterocycles. The lowest BCUT2D eigenvalue weighted by Crippen LogP contribution is -2.47. The van der Waals surface area contributed by atoms with Crippen molar-refractivity contribution >= 4 is 29.1 Å². The van der Waals surface area contributed by atoms with Gasteiger partial charge in [-0.3, -0.25) is 24.0 Å². The van der Waals surface area contributed by atoms with Gasteiger partial charge in [-0.2, -0.15) is 18.3 Å². The zero-order valence-corrected chi connectivity index (χ0v) is 22.5. The van der Waals surface area contributed by atoms with Crippen LogP contribution >= 0.6 is 11.3 Å². The number of carbonyl (C=O) groups excluding carboxylic acids is 3. The molecule has 1 aliphatic rings. The second-order valence-electron chi connectivity index (χ2n) is 9.49. The highest BCUT2D eigenvalue weighted by Crippen LogP contribution is 2.33. The largest absolute Gasteiger partial charge is 0.416 e. The van der Waals surface area contributed by atoms with Crippen LogP contribution in [0, 0.1) is 6.92 Å². The van der Waals surface area contributed by atoms with Crippen LogP contribution in [0.25, 0.3) is 11.3 Å². The normalized spacial score (nSPS) is 14.0. The number of aromatic nitrogens is 2. The van der Waals surface area contributed by atoms with Crippen molar-refractivity contribution in [2.45, 2.75) is 39.0 Å². The van der Waals surface area contributed by atoms with E-state index in [1.54, 1.807) is 24.4 Å². The minimum absolute atomic E-state index is 0.0498. The van der Waals surface area contributed by atoms with E-state index in [1.165, 1.54) is 41.7 Å². The quantitative estimate of drug-likeness (QED) is 0.282. The third kappa shape index (κ3) is 5.16. The Kier molecular flexibility index (Phi) is 7.33. The number of halogens is 3. The van der Waals surface area contributed by atoms with Gasteiger partial charge in [-0.1, -0.05) is 30.3 Å². The Morgan fingerprint density at radius 2 is 1.70 bits per heavy atom. The lowest BCUT2D eigenvalue weighted by Gasteiger charge is -2.25. The predicted octanol–water partition coefficient (Wildman–Crippen LogP) is 5.60. The number of benzene rings is 2. The minimum Gasteiger partial charge on any atom is -0.346 e. The van der Waals surface area contributed by atoms with Crippen LogP contribution in [0.15, 0.2) is 66.2 Å². The summed E-state index contributed by atoms with van der Waals surface area (Å²) in [4.78, 5) is 40.7. The van der Waals surface area contributed by atoms with Crippen molar-refractivity contribution < 1.29 is 27.6 Å². The smallest absolute Gasteiger partial charge is 0.346 e. The first-order chi connectivity index (χ1) is 19.1. The first-order valence-electron chi connectivity index (χ1n) is 12.6. The number of fused-ring (bicyclic) bond motifs is 1. The van der Waals surface area contributed by atoms with Gasteiger partial charge >= 0.3 is 6.18 Å². The highest BCUT2D eigenvalue weighted by Gasteiger charge is 2.38. The number of carbonyl (C=O) groups is 3. The summed E-state index contributed by atoms with van der Waals surface area (Å²) < 4.78 is 43.1.